The van der Waals surface area contributed by atoms with E-state index in [-0.39, 0.29) is 34.0 Å². The van der Waals surface area contributed by atoms with Crippen molar-refractivity contribution in [2.75, 3.05) is 24.7 Å². The van der Waals surface area contributed by atoms with Crippen molar-refractivity contribution in [1.82, 2.24) is 39.0 Å². The van der Waals surface area contributed by atoms with E-state index in [9.17, 15) is 9.46 Å². The predicted octanol–water partition coefficient (Wildman–Crippen LogP) is 0.612. The van der Waals surface area contributed by atoms with Crippen molar-refractivity contribution in [2.24, 2.45) is 0 Å². The molecule has 0 bridgehead atoms. The number of hydrogen-bond donors (Lipinski definition) is 3. The van der Waals surface area contributed by atoms with Crippen molar-refractivity contribution in [3.8, 4) is 0 Å². The highest BCUT2D eigenvalue weighted by molar-refractivity contribution is 8.07. The fourth-order valence-corrected chi connectivity index (χ4v) is 7.64. The molecule has 0 saturated carbocycles. The van der Waals surface area contributed by atoms with Crippen LogP contribution in [0.15, 0.2) is 25.3 Å². The lowest BCUT2D eigenvalue weighted by atomic mass is 10.1. The second-order valence-corrected chi connectivity index (χ2v) is 14.3. The fourth-order valence-electron chi connectivity index (χ4n) is 5.20. The Bertz CT molecular complexity index is 1710. The summed E-state index contributed by atoms with van der Waals surface area (Å²) in [5.41, 5.74) is 12.3. The van der Waals surface area contributed by atoms with Gasteiger partial charge >= 0.3 is 6.72 Å². The largest absolute Gasteiger partial charge is 0.382 e. The number of ether oxygens (including phenoxy) is 2. The van der Waals surface area contributed by atoms with Gasteiger partial charge in [-0.3, -0.25) is 18.2 Å². The molecular weight excluding hydrogens is 651 g/mol. The summed E-state index contributed by atoms with van der Waals surface area (Å²) in [6.45, 7) is -5.58. The minimum Gasteiger partial charge on any atom is -0.382 e. The molecule has 232 valence electrons. The van der Waals surface area contributed by atoms with Gasteiger partial charge in [0.2, 0.25) is 7.57 Å². The van der Waals surface area contributed by atoms with Crippen molar-refractivity contribution in [3.05, 3.63) is 25.3 Å². The first-order chi connectivity index (χ1) is 20.9. The van der Waals surface area contributed by atoms with Gasteiger partial charge in [-0.1, -0.05) is 0 Å². The van der Waals surface area contributed by atoms with Gasteiger partial charge in [-0.25, -0.2) is 38.7 Å². The zero-order valence-electron chi connectivity index (χ0n) is 22.0. The van der Waals surface area contributed by atoms with Crippen molar-refractivity contribution in [2.45, 2.75) is 49.2 Å². The maximum absolute atomic E-state index is 16.0. The Labute approximate surface area is 251 Å². The van der Waals surface area contributed by atoms with Gasteiger partial charge in [-0.2, -0.15) is 0 Å². The summed E-state index contributed by atoms with van der Waals surface area (Å²) in [6, 6.07) is 0. The predicted molar refractivity (Wildman–Crippen MR) is 149 cm³/mol. The standard InChI is InChI=1S/C20H21BF2N10O8P2S/c21-42(34)36-1-7-14(10(23)20(38-7)33-6-31-12-16(25)27-4-29-18(12)33)41-43(35,44)37-2-8-13(40-42)9(22)19(39-8)32-5-30-11-15(24)26-3-28-17(11)32/h3-10,13-14,19-20H,1-2H2,(H,35,44)(H2,24,26,28)(H2,25,27,29)/t7-,8-,9-,10-,13-,14-,19-,20-,42+,43?/m1/s1. The van der Waals surface area contributed by atoms with Crippen LogP contribution in [0.5, 0.6) is 0 Å². The molecule has 5 N–H and O–H groups in total. The number of alkyl halides is 2. The van der Waals surface area contributed by atoms with E-state index in [0.717, 1.165) is 12.7 Å². The molecule has 24 heteroatoms. The Morgan fingerprint density at radius 2 is 1.32 bits per heavy atom. The number of rotatable bonds is 2. The van der Waals surface area contributed by atoms with Crippen LogP contribution in [0.4, 0.5) is 20.4 Å². The van der Waals surface area contributed by atoms with Crippen LogP contribution in [0.1, 0.15) is 12.5 Å². The number of aromatic nitrogens is 8. The highest BCUT2D eigenvalue weighted by Gasteiger charge is 2.53. The Hall–Kier alpha value is -2.78. The minimum atomic E-state index is -4.57. The number of nitrogen functional groups attached to an aromatic ring is 2. The first-order valence-corrected chi connectivity index (χ1v) is 16.9. The molecule has 4 aromatic heterocycles. The van der Waals surface area contributed by atoms with Crippen LogP contribution >= 0.6 is 14.2 Å². The Kier molecular flexibility index (Phi) is 7.43. The van der Waals surface area contributed by atoms with Gasteiger partial charge < -0.3 is 39.4 Å². The van der Waals surface area contributed by atoms with Crippen molar-refractivity contribution in [3.63, 3.8) is 0 Å². The summed E-state index contributed by atoms with van der Waals surface area (Å²) in [4.78, 5) is 34.9. The SMILES string of the molecule is [B][P@]1(=O)OC[C@H]2O[C@@H](n3cnc4c(N)ncnc43)[C@H](F)[C@@H]2OP(O)(=S)OC[C@H]2O[C@@H](n3cnc4c(N)ncnc43)[C@H](F)[C@@H]2O1. The van der Waals surface area contributed by atoms with Gasteiger partial charge in [-0.05, 0) is 11.8 Å². The summed E-state index contributed by atoms with van der Waals surface area (Å²) in [6.07, 6.45) is -8.19. The molecule has 3 aliphatic heterocycles. The third kappa shape index (κ3) is 5.18. The lowest BCUT2D eigenvalue weighted by Crippen LogP contribution is -2.37. The molecule has 3 fully saturated rings. The summed E-state index contributed by atoms with van der Waals surface area (Å²) < 4.78 is 81.0. The Morgan fingerprint density at radius 3 is 1.84 bits per heavy atom. The highest BCUT2D eigenvalue weighted by Crippen LogP contribution is 2.54. The number of anilines is 2. The summed E-state index contributed by atoms with van der Waals surface area (Å²) in [7, 11) is 1.26. The van der Waals surface area contributed by atoms with Gasteiger partial charge in [-0.15, -0.1) is 0 Å². The quantitative estimate of drug-likeness (QED) is 0.196. The van der Waals surface area contributed by atoms with Gasteiger partial charge in [0, 0.05) is 0 Å². The first-order valence-electron chi connectivity index (χ1n) is 12.7. The van der Waals surface area contributed by atoms with E-state index in [0.29, 0.717) is 0 Å². The number of fused-ring (bicyclic) bond motifs is 4. The molecule has 0 aromatic carbocycles. The van der Waals surface area contributed by atoms with Crippen LogP contribution in [-0.4, -0.2) is 101 Å². The molecule has 44 heavy (non-hydrogen) atoms. The van der Waals surface area contributed by atoms with Gasteiger partial charge in [0.05, 0.1) is 25.9 Å². The first kappa shape index (κ1) is 29.9. The molecule has 18 nitrogen and oxygen atoms in total. The van der Waals surface area contributed by atoms with Crippen molar-refractivity contribution >= 4 is 67.5 Å². The normalized spacial score (nSPS) is 38.2. The number of nitrogens with zero attached hydrogens (tertiary/aromatic N) is 8. The molecule has 0 amide bonds. The van der Waals surface area contributed by atoms with E-state index in [2.05, 4.69) is 29.9 Å². The lowest BCUT2D eigenvalue weighted by Gasteiger charge is -2.29. The maximum atomic E-state index is 16.0. The highest BCUT2D eigenvalue weighted by atomic mass is 32.5. The number of imidazole rings is 2. The van der Waals surface area contributed by atoms with Gasteiger partial charge in [0.25, 0.3) is 7.47 Å². The second kappa shape index (κ2) is 10.9. The molecule has 7 rings (SSSR count). The van der Waals surface area contributed by atoms with E-state index < -0.39 is 76.6 Å². The Balaban J connectivity index is 1.17. The van der Waals surface area contributed by atoms with Crippen LogP contribution in [-0.2, 0) is 43.9 Å². The number of halogens is 2. The maximum Gasteiger partial charge on any atom is 0.325 e. The van der Waals surface area contributed by atoms with Crippen LogP contribution in [0.25, 0.3) is 22.3 Å². The average molecular weight is 672 g/mol. The third-order valence-corrected chi connectivity index (χ3v) is 9.81. The molecule has 2 radical (unpaired) electrons. The second-order valence-electron chi connectivity index (χ2n) is 9.92. The summed E-state index contributed by atoms with van der Waals surface area (Å²) in [5.74, 6) is 0.0968. The smallest absolute Gasteiger partial charge is 0.325 e. The van der Waals surface area contributed by atoms with Crippen LogP contribution in [0, 0.1) is 0 Å². The molecule has 3 aliphatic rings. The molecule has 0 spiro atoms. The van der Waals surface area contributed by atoms with Crippen LogP contribution in [0.2, 0.25) is 0 Å². The molecule has 0 aliphatic carbocycles. The topological polar surface area (TPSA) is 232 Å². The van der Waals surface area contributed by atoms with Gasteiger partial charge in [0.15, 0.2) is 47.7 Å². The zero-order valence-corrected chi connectivity index (χ0v) is 24.6. The van der Waals surface area contributed by atoms with E-state index in [1.807, 2.05) is 0 Å². The van der Waals surface area contributed by atoms with Gasteiger partial charge in [0.1, 0.15) is 48.1 Å². The summed E-state index contributed by atoms with van der Waals surface area (Å²) in [5, 5.41) is 0. The van der Waals surface area contributed by atoms with E-state index >= 15 is 8.78 Å². The zero-order chi connectivity index (χ0) is 31.0. The molecular formula is C20H21BF2N10O8P2S. The monoisotopic (exact) mass is 672 g/mol. The molecule has 3 saturated heterocycles. The van der Waals surface area contributed by atoms with E-state index in [4.69, 9.17) is 58.4 Å². The Morgan fingerprint density at radius 1 is 0.841 bits per heavy atom. The third-order valence-electron chi connectivity index (χ3n) is 7.20. The number of hydrogen-bond acceptors (Lipinski definition) is 16. The van der Waals surface area contributed by atoms with Crippen molar-refractivity contribution in [1.29, 1.82) is 0 Å². The fraction of sp³-hybridized carbons (Fsp3) is 0.500. The molecule has 1 unspecified atom stereocenters. The molecule has 4 aromatic rings. The average Bonchev–Trinajstić information content (AvgIpc) is 3.73. The van der Waals surface area contributed by atoms with E-state index in [1.165, 1.54) is 21.8 Å². The number of nitrogens with two attached hydrogens (primary N) is 2. The lowest BCUT2D eigenvalue weighted by molar-refractivity contribution is -0.0566. The minimum absolute atomic E-state index is 0.0472. The van der Waals surface area contributed by atoms with Crippen LogP contribution < -0.4 is 11.5 Å². The van der Waals surface area contributed by atoms with Crippen molar-refractivity contribution < 1.29 is 45.8 Å². The van der Waals surface area contributed by atoms with Crippen LogP contribution in [0.3, 0.4) is 0 Å². The molecule has 10 atom stereocenters. The van der Waals surface area contributed by atoms with E-state index in [1.54, 1.807) is 0 Å². The molecule has 7 heterocycles. The summed E-state index contributed by atoms with van der Waals surface area (Å²) >= 11 is 5.14.